The topological polar surface area (TPSA) is 42.7 Å². The predicted octanol–water partition coefficient (Wildman–Crippen LogP) is 1.32. The number of aromatic nitrogens is 3. The van der Waals surface area contributed by atoms with Crippen LogP contribution in [0.1, 0.15) is 0 Å². The lowest BCUT2D eigenvalue weighted by Gasteiger charge is -2.35. The van der Waals surface area contributed by atoms with Crippen molar-refractivity contribution in [1.29, 1.82) is 0 Å². The fraction of sp³-hybridized carbons (Fsp3) is 0.455. The molecule has 3 rings (SSSR count). The molecule has 0 atom stereocenters. The van der Waals surface area contributed by atoms with Crippen LogP contribution in [0.4, 0.5) is 0 Å². The number of fused-ring (bicyclic) bond motifs is 1. The largest absolute Gasteiger partial charge is 0.489 e. The van der Waals surface area contributed by atoms with Gasteiger partial charge in [-0.15, -0.1) is 10.2 Å². The first-order valence-electron chi connectivity index (χ1n) is 5.52. The van der Waals surface area contributed by atoms with E-state index in [1.165, 1.54) is 0 Å². The van der Waals surface area contributed by atoms with Crippen molar-refractivity contribution in [1.82, 2.24) is 19.5 Å². The molecule has 1 fully saturated rings. The van der Waals surface area contributed by atoms with Crippen LogP contribution in [0.25, 0.3) is 5.65 Å². The Kier molecular flexibility index (Phi) is 2.64. The lowest BCUT2D eigenvalue weighted by molar-refractivity contribution is 0.0861. The average molecular weight is 253 g/mol. The SMILES string of the molecule is CN1CC(COc2cc(Cl)cn3cnnc23)C1. The molecule has 90 valence electrons. The minimum absolute atomic E-state index is 0.599. The van der Waals surface area contributed by atoms with E-state index in [9.17, 15) is 0 Å². The monoisotopic (exact) mass is 252 g/mol. The van der Waals surface area contributed by atoms with E-state index in [1.54, 1.807) is 23.0 Å². The van der Waals surface area contributed by atoms with Crippen LogP contribution in [0, 0.1) is 5.92 Å². The van der Waals surface area contributed by atoms with Gasteiger partial charge in [-0.1, -0.05) is 11.6 Å². The molecular weight excluding hydrogens is 240 g/mol. The summed E-state index contributed by atoms with van der Waals surface area (Å²) < 4.78 is 7.54. The first-order valence-corrected chi connectivity index (χ1v) is 5.90. The molecular formula is C11H13ClN4O. The summed E-state index contributed by atoms with van der Waals surface area (Å²) in [6.45, 7) is 2.88. The van der Waals surface area contributed by atoms with Crippen molar-refractivity contribution in [2.75, 3.05) is 26.7 Å². The molecule has 0 unspecified atom stereocenters. The molecule has 3 heterocycles. The summed E-state index contributed by atoms with van der Waals surface area (Å²) >= 11 is 6.00. The maximum absolute atomic E-state index is 6.00. The van der Waals surface area contributed by atoms with E-state index >= 15 is 0 Å². The highest BCUT2D eigenvalue weighted by atomic mass is 35.5. The molecule has 2 aromatic rings. The Balaban J connectivity index is 1.77. The van der Waals surface area contributed by atoms with Gasteiger partial charge in [-0.3, -0.25) is 4.40 Å². The second kappa shape index (κ2) is 4.16. The molecule has 0 radical (unpaired) electrons. The van der Waals surface area contributed by atoms with Gasteiger partial charge in [0.15, 0.2) is 5.75 Å². The van der Waals surface area contributed by atoms with Gasteiger partial charge >= 0.3 is 0 Å². The van der Waals surface area contributed by atoms with E-state index in [1.807, 2.05) is 0 Å². The van der Waals surface area contributed by atoms with Crippen LogP contribution in [0.5, 0.6) is 5.75 Å². The zero-order valence-corrected chi connectivity index (χ0v) is 10.3. The number of rotatable bonds is 3. The van der Waals surface area contributed by atoms with Gasteiger partial charge in [0, 0.05) is 31.3 Å². The van der Waals surface area contributed by atoms with Gasteiger partial charge in [0.25, 0.3) is 0 Å². The number of hydrogen-bond acceptors (Lipinski definition) is 4. The van der Waals surface area contributed by atoms with Crippen molar-refractivity contribution in [3.63, 3.8) is 0 Å². The van der Waals surface area contributed by atoms with Gasteiger partial charge < -0.3 is 9.64 Å². The molecule has 1 aliphatic heterocycles. The fourth-order valence-corrected chi connectivity index (χ4v) is 2.32. The first-order chi connectivity index (χ1) is 8.22. The van der Waals surface area contributed by atoms with Crippen molar-refractivity contribution >= 4 is 17.2 Å². The first kappa shape index (κ1) is 10.8. The summed E-state index contributed by atoms with van der Waals surface area (Å²) in [6, 6.07) is 1.79. The van der Waals surface area contributed by atoms with Gasteiger partial charge in [-0.2, -0.15) is 0 Å². The van der Waals surface area contributed by atoms with E-state index in [4.69, 9.17) is 16.3 Å². The third-order valence-corrected chi connectivity index (χ3v) is 3.15. The lowest BCUT2D eigenvalue weighted by Crippen LogP contribution is -2.46. The van der Waals surface area contributed by atoms with Crippen LogP contribution in [0.3, 0.4) is 0 Å². The Morgan fingerprint density at radius 3 is 3.12 bits per heavy atom. The van der Waals surface area contributed by atoms with E-state index < -0.39 is 0 Å². The predicted molar refractivity (Wildman–Crippen MR) is 64.5 cm³/mol. The van der Waals surface area contributed by atoms with E-state index in [-0.39, 0.29) is 0 Å². The van der Waals surface area contributed by atoms with Gasteiger partial charge in [0.2, 0.25) is 5.65 Å². The van der Waals surface area contributed by atoms with Crippen LogP contribution in [0.2, 0.25) is 5.02 Å². The molecule has 1 saturated heterocycles. The van der Waals surface area contributed by atoms with Gasteiger partial charge in [0.05, 0.1) is 11.6 Å². The number of hydrogen-bond donors (Lipinski definition) is 0. The van der Waals surface area contributed by atoms with Gasteiger partial charge in [-0.25, -0.2) is 0 Å². The molecule has 0 spiro atoms. The number of halogens is 1. The third kappa shape index (κ3) is 2.08. The highest BCUT2D eigenvalue weighted by molar-refractivity contribution is 6.30. The minimum atomic E-state index is 0.599. The summed E-state index contributed by atoms with van der Waals surface area (Å²) in [5.74, 6) is 1.30. The normalized spacial score (nSPS) is 17.3. The third-order valence-electron chi connectivity index (χ3n) is 2.94. The van der Waals surface area contributed by atoms with Crippen molar-refractivity contribution in [3.8, 4) is 5.75 Å². The standard InChI is InChI=1S/C11H13ClN4O/c1-15-3-8(4-15)6-17-10-2-9(12)5-16-7-13-14-11(10)16/h2,5,7-8H,3-4,6H2,1H3. The summed E-state index contributed by atoms with van der Waals surface area (Å²) in [5.41, 5.74) is 0.710. The summed E-state index contributed by atoms with van der Waals surface area (Å²) in [5, 5.41) is 8.48. The van der Waals surface area contributed by atoms with Crippen LogP contribution >= 0.6 is 11.6 Å². The maximum Gasteiger partial charge on any atom is 0.203 e. The number of nitrogens with zero attached hydrogens (tertiary/aromatic N) is 4. The van der Waals surface area contributed by atoms with Crippen molar-refractivity contribution in [2.45, 2.75) is 0 Å². The van der Waals surface area contributed by atoms with Crippen LogP contribution in [-0.4, -0.2) is 46.2 Å². The van der Waals surface area contributed by atoms with Crippen molar-refractivity contribution < 1.29 is 4.74 Å². The summed E-state index contributed by atoms with van der Waals surface area (Å²) in [4.78, 5) is 2.26. The molecule has 0 aromatic carbocycles. The van der Waals surface area contributed by atoms with E-state index in [0.717, 1.165) is 13.1 Å². The molecule has 0 saturated carbocycles. The Labute approximate surface area is 104 Å². The van der Waals surface area contributed by atoms with Crippen molar-refractivity contribution in [3.05, 3.63) is 23.6 Å². The highest BCUT2D eigenvalue weighted by Gasteiger charge is 2.24. The second-order valence-electron chi connectivity index (χ2n) is 4.48. The number of ether oxygens (including phenoxy) is 1. The second-order valence-corrected chi connectivity index (χ2v) is 4.92. The van der Waals surface area contributed by atoms with Gasteiger partial charge in [-0.05, 0) is 7.05 Å². The Bertz CT molecular complexity index is 535. The smallest absolute Gasteiger partial charge is 0.203 e. The maximum atomic E-state index is 6.00. The number of pyridine rings is 1. The van der Waals surface area contributed by atoms with Crippen LogP contribution < -0.4 is 4.74 Å². The van der Waals surface area contributed by atoms with Crippen LogP contribution in [-0.2, 0) is 0 Å². The zero-order chi connectivity index (χ0) is 11.8. The van der Waals surface area contributed by atoms with Gasteiger partial charge in [0.1, 0.15) is 6.33 Å². The summed E-state index contributed by atoms with van der Waals surface area (Å²) in [7, 11) is 2.10. The molecule has 17 heavy (non-hydrogen) atoms. The molecule has 6 heteroatoms. The lowest BCUT2D eigenvalue weighted by atomic mass is 10.0. The summed E-state index contributed by atoms with van der Waals surface area (Å²) in [6.07, 6.45) is 3.38. The molecule has 5 nitrogen and oxygen atoms in total. The number of likely N-dealkylation sites (tertiary alicyclic amines) is 1. The Morgan fingerprint density at radius 2 is 2.35 bits per heavy atom. The quantitative estimate of drug-likeness (QED) is 0.827. The fourth-order valence-electron chi connectivity index (χ4n) is 2.12. The Hall–Kier alpha value is -1.33. The van der Waals surface area contributed by atoms with Crippen LogP contribution in [0.15, 0.2) is 18.6 Å². The van der Waals surface area contributed by atoms with E-state index in [0.29, 0.717) is 28.9 Å². The Morgan fingerprint density at radius 1 is 1.53 bits per heavy atom. The molecule has 0 N–H and O–H groups in total. The highest BCUT2D eigenvalue weighted by Crippen LogP contribution is 2.24. The molecule has 1 aliphatic rings. The molecule has 2 aromatic heterocycles. The molecule has 0 bridgehead atoms. The average Bonchev–Trinajstić information content (AvgIpc) is 2.70. The van der Waals surface area contributed by atoms with Crippen molar-refractivity contribution in [2.24, 2.45) is 5.92 Å². The van der Waals surface area contributed by atoms with E-state index in [2.05, 4.69) is 22.1 Å². The molecule has 0 amide bonds. The minimum Gasteiger partial charge on any atom is -0.489 e. The zero-order valence-electron chi connectivity index (χ0n) is 9.51. The molecule has 0 aliphatic carbocycles.